The van der Waals surface area contributed by atoms with Crippen LogP contribution in [0.3, 0.4) is 0 Å². The van der Waals surface area contributed by atoms with Crippen LogP contribution in [-0.4, -0.2) is 27.8 Å². The van der Waals surface area contributed by atoms with Crippen LogP contribution in [0.5, 0.6) is 5.75 Å². The number of hydrogen-bond acceptors (Lipinski definition) is 7. The van der Waals surface area contributed by atoms with E-state index in [1.807, 2.05) is 24.3 Å². The maximum absolute atomic E-state index is 9.91. The van der Waals surface area contributed by atoms with Crippen molar-refractivity contribution in [2.24, 2.45) is 4.99 Å². The summed E-state index contributed by atoms with van der Waals surface area (Å²) < 4.78 is 0. The molecule has 1 aliphatic rings. The lowest BCUT2D eigenvalue weighted by molar-refractivity contribution is 0.475. The molecule has 1 unspecified atom stereocenters. The van der Waals surface area contributed by atoms with Gasteiger partial charge < -0.3 is 16.2 Å². The number of hydrogen-bond donors (Lipinski definition) is 3. The van der Waals surface area contributed by atoms with Crippen molar-refractivity contribution in [2.75, 3.05) is 17.6 Å². The number of pyridine rings is 2. The van der Waals surface area contributed by atoms with E-state index in [1.165, 1.54) is 0 Å². The second kappa shape index (κ2) is 7.37. The van der Waals surface area contributed by atoms with Crippen LogP contribution in [0.4, 0.5) is 11.6 Å². The molecule has 0 fully saturated rings. The minimum atomic E-state index is -0.181. The number of nitrogens with zero attached hydrogens (tertiary/aromatic N) is 4. The van der Waals surface area contributed by atoms with Gasteiger partial charge in [0, 0.05) is 42.2 Å². The van der Waals surface area contributed by atoms with E-state index in [-0.39, 0.29) is 11.8 Å². The zero-order valence-corrected chi connectivity index (χ0v) is 15.0. The Morgan fingerprint density at radius 2 is 2.07 bits per heavy atom. The Kier molecular flexibility index (Phi) is 4.60. The Hall–Kier alpha value is -3.92. The van der Waals surface area contributed by atoms with E-state index < -0.39 is 0 Å². The Morgan fingerprint density at radius 1 is 1.21 bits per heavy atom. The van der Waals surface area contributed by atoms with Gasteiger partial charge in [0.15, 0.2) is 0 Å². The summed E-state index contributed by atoms with van der Waals surface area (Å²) in [5.41, 5.74) is 9.59. The normalized spacial score (nSPS) is 14.5. The lowest BCUT2D eigenvalue weighted by atomic mass is 9.93. The zero-order chi connectivity index (χ0) is 19.5. The van der Waals surface area contributed by atoms with Crippen LogP contribution in [0.2, 0.25) is 0 Å². The van der Waals surface area contributed by atoms with Gasteiger partial charge in [-0.25, -0.2) is 4.98 Å². The van der Waals surface area contributed by atoms with Crippen molar-refractivity contribution in [1.29, 1.82) is 5.26 Å². The third-order valence-electron chi connectivity index (χ3n) is 4.50. The number of nitrogen functional groups attached to an aromatic ring is 1. The first kappa shape index (κ1) is 17.5. The van der Waals surface area contributed by atoms with E-state index in [2.05, 4.69) is 26.3 Å². The van der Waals surface area contributed by atoms with Gasteiger partial charge >= 0.3 is 0 Å². The van der Waals surface area contributed by atoms with Crippen molar-refractivity contribution >= 4 is 17.9 Å². The number of nitriles is 1. The highest BCUT2D eigenvalue weighted by Gasteiger charge is 2.28. The van der Waals surface area contributed by atoms with Crippen LogP contribution in [0.15, 0.2) is 53.7 Å². The molecule has 0 radical (unpaired) electrons. The number of nitrogens with two attached hydrogens (primary N) is 1. The minimum Gasteiger partial charge on any atom is -0.508 e. The predicted molar refractivity (Wildman–Crippen MR) is 108 cm³/mol. The highest BCUT2D eigenvalue weighted by molar-refractivity contribution is 5.91. The number of phenolic OH excluding ortho intramolecular Hbond substituents is 1. The van der Waals surface area contributed by atoms with Crippen LogP contribution in [-0.2, 0) is 6.42 Å². The fourth-order valence-electron chi connectivity index (χ4n) is 3.16. The van der Waals surface area contributed by atoms with Crippen molar-refractivity contribution in [3.05, 3.63) is 65.5 Å². The monoisotopic (exact) mass is 370 g/mol. The zero-order valence-electron chi connectivity index (χ0n) is 15.0. The minimum absolute atomic E-state index is 0.115. The number of aromatic nitrogens is 2. The van der Waals surface area contributed by atoms with E-state index in [9.17, 15) is 10.4 Å². The lowest BCUT2D eigenvalue weighted by Gasteiger charge is -2.17. The van der Waals surface area contributed by atoms with E-state index in [1.54, 1.807) is 30.6 Å². The first-order valence-corrected chi connectivity index (χ1v) is 8.87. The molecule has 0 saturated carbocycles. The van der Waals surface area contributed by atoms with Gasteiger partial charge in [-0.05, 0) is 29.8 Å². The summed E-state index contributed by atoms with van der Waals surface area (Å²) in [4.78, 5) is 12.9. The largest absolute Gasteiger partial charge is 0.508 e. The number of rotatable bonds is 6. The number of aromatic hydroxyl groups is 1. The number of nitrogens with one attached hydrogen (secondary N) is 1. The molecule has 4 rings (SSSR count). The van der Waals surface area contributed by atoms with Gasteiger partial charge in [-0.15, -0.1) is 0 Å². The summed E-state index contributed by atoms with van der Waals surface area (Å²) in [5, 5.41) is 23.0. The molecule has 4 N–H and O–H groups in total. The molecule has 1 aromatic carbocycles. The fourth-order valence-corrected chi connectivity index (χ4v) is 3.16. The van der Waals surface area contributed by atoms with Gasteiger partial charge in [0.1, 0.15) is 35.1 Å². The molecule has 3 heterocycles. The Morgan fingerprint density at radius 3 is 2.75 bits per heavy atom. The van der Waals surface area contributed by atoms with E-state index in [0.29, 0.717) is 46.9 Å². The molecule has 2 aromatic heterocycles. The van der Waals surface area contributed by atoms with E-state index in [0.717, 1.165) is 5.69 Å². The molecule has 1 atom stereocenters. The first-order valence-electron chi connectivity index (χ1n) is 8.87. The first-order chi connectivity index (χ1) is 13.7. The molecule has 7 nitrogen and oxygen atoms in total. The maximum atomic E-state index is 9.91. The Labute approximate surface area is 162 Å². The van der Waals surface area contributed by atoms with Crippen molar-refractivity contribution < 1.29 is 5.11 Å². The van der Waals surface area contributed by atoms with Gasteiger partial charge in [-0.3, -0.25) is 9.98 Å². The summed E-state index contributed by atoms with van der Waals surface area (Å²) in [7, 11) is 0. The highest BCUT2D eigenvalue weighted by atomic mass is 16.3. The summed E-state index contributed by atoms with van der Waals surface area (Å²) in [5.74, 6) is 0.850. The fraction of sp³-hybridized carbons (Fsp3) is 0.143. The molecule has 138 valence electrons. The van der Waals surface area contributed by atoms with Crippen LogP contribution in [0.1, 0.15) is 22.9 Å². The molecule has 28 heavy (non-hydrogen) atoms. The van der Waals surface area contributed by atoms with Crippen LogP contribution in [0, 0.1) is 11.3 Å². The van der Waals surface area contributed by atoms with E-state index >= 15 is 0 Å². The predicted octanol–water partition coefficient (Wildman–Crippen LogP) is 3.08. The Balaban J connectivity index is 1.72. The topological polar surface area (TPSA) is 120 Å². The summed E-state index contributed by atoms with van der Waals surface area (Å²) in [6, 6.07) is 14.6. The van der Waals surface area contributed by atoms with Crippen LogP contribution in [0.25, 0.3) is 11.1 Å². The molecule has 7 heteroatoms. The quantitative estimate of drug-likeness (QED) is 0.613. The van der Waals surface area contributed by atoms with Crippen molar-refractivity contribution in [3.8, 4) is 22.9 Å². The molecule has 0 spiro atoms. The molecule has 0 aliphatic carbocycles. The molecular formula is C21H18N6O. The summed E-state index contributed by atoms with van der Waals surface area (Å²) in [6.45, 7) is 0.552. The average molecular weight is 370 g/mol. The van der Waals surface area contributed by atoms with Crippen molar-refractivity contribution in [3.63, 3.8) is 0 Å². The van der Waals surface area contributed by atoms with Crippen LogP contribution < -0.4 is 11.1 Å². The maximum Gasteiger partial charge on any atom is 0.147 e. The molecule has 0 bridgehead atoms. The number of benzene rings is 1. The van der Waals surface area contributed by atoms with E-state index in [4.69, 9.17) is 5.73 Å². The van der Waals surface area contributed by atoms with Crippen molar-refractivity contribution in [1.82, 2.24) is 9.97 Å². The molecular weight excluding hydrogens is 352 g/mol. The molecule has 1 aliphatic heterocycles. The standard InChI is InChI=1S/C21H18N6O/c22-11-16-18(13-4-3-6-15(28)10-13)19(17-12-26-17)20(23)27-21(16)25-9-7-14-5-1-2-8-24-14/h1-6,8,10,12,17,28H,7,9H2,(H3,23,25,27). The summed E-state index contributed by atoms with van der Waals surface area (Å²) >= 11 is 0. The smallest absolute Gasteiger partial charge is 0.147 e. The summed E-state index contributed by atoms with van der Waals surface area (Å²) in [6.07, 6.45) is 4.19. The SMILES string of the molecule is N#Cc1c(NCCc2ccccn2)nc(N)c(C2C=N2)c1-c1cccc(O)c1. The van der Waals surface area contributed by atoms with Gasteiger partial charge in [0.2, 0.25) is 0 Å². The molecule has 0 amide bonds. The van der Waals surface area contributed by atoms with Crippen LogP contribution >= 0.6 is 0 Å². The number of phenols is 1. The number of aliphatic imine (C=N–C) groups is 1. The molecule has 0 saturated heterocycles. The van der Waals surface area contributed by atoms with Crippen molar-refractivity contribution in [2.45, 2.75) is 12.5 Å². The third-order valence-corrected chi connectivity index (χ3v) is 4.50. The second-order valence-corrected chi connectivity index (χ2v) is 6.41. The van der Waals surface area contributed by atoms with Gasteiger partial charge in [-0.1, -0.05) is 18.2 Å². The van der Waals surface area contributed by atoms with Gasteiger partial charge in [0.05, 0.1) is 0 Å². The highest BCUT2D eigenvalue weighted by Crippen LogP contribution is 2.42. The second-order valence-electron chi connectivity index (χ2n) is 6.41. The van der Waals surface area contributed by atoms with Gasteiger partial charge in [0.25, 0.3) is 0 Å². The Bertz CT molecular complexity index is 1080. The number of anilines is 2. The van der Waals surface area contributed by atoms with Gasteiger partial charge in [-0.2, -0.15) is 5.26 Å². The average Bonchev–Trinajstić information content (AvgIpc) is 3.53. The molecule has 3 aromatic rings. The third kappa shape index (κ3) is 3.48. The lowest BCUT2D eigenvalue weighted by Crippen LogP contribution is -2.12.